The molecule has 6 heteroatoms. The largest absolute Gasteiger partial charge is 0.337 e. The Labute approximate surface area is 163 Å². The predicted molar refractivity (Wildman–Crippen MR) is 104 cm³/mol. The van der Waals surface area contributed by atoms with Crippen LogP contribution in [0, 0.1) is 19.7 Å². The highest BCUT2D eigenvalue weighted by Crippen LogP contribution is 2.21. The van der Waals surface area contributed by atoms with Crippen LogP contribution in [0.2, 0.25) is 5.02 Å². The van der Waals surface area contributed by atoms with Gasteiger partial charge in [-0.25, -0.2) is 4.39 Å². The Morgan fingerprint density at radius 1 is 1.19 bits per heavy atom. The van der Waals surface area contributed by atoms with Crippen LogP contribution in [-0.4, -0.2) is 27.6 Å². The third-order valence-corrected chi connectivity index (χ3v) is 4.79. The monoisotopic (exact) mass is 385 g/mol. The number of nitrogens with zero attached hydrogens (tertiary/aromatic N) is 3. The Morgan fingerprint density at radius 2 is 1.89 bits per heavy atom. The van der Waals surface area contributed by atoms with E-state index >= 15 is 0 Å². The molecule has 0 aliphatic carbocycles. The van der Waals surface area contributed by atoms with Crippen molar-refractivity contribution in [2.24, 2.45) is 0 Å². The van der Waals surface area contributed by atoms with Crippen molar-refractivity contribution >= 4 is 17.5 Å². The quantitative estimate of drug-likeness (QED) is 0.643. The highest BCUT2D eigenvalue weighted by molar-refractivity contribution is 6.31. The van der Waals surface area contributed by atoms with Gasteiger partial charge in [0.25, 0.3) is 5.91 Å². The van der Waals surface area contributed by atoms with E-state index in [2.05, 4.69) is 5.10 Å². The fourth-order valence-corrected chi connectivity index (χ4v) is 3.20. The molecule has 0 fully saturated rings. The first kappa shape index (κ1) is 19.1. The maximum atomic E-state index is 13.9. The molecular formula is C21H21ClFN3O. The van der Waals surface area contributed by atoms with Crippen molar-refractivity contribution in [3.63, 3.8) is 0 Å². The van der Waals surface area contributed by atoms with E-state index in [4.69, 9.17) is 11.6 Å². The lowest BCUT2D eigenvalue weighted by atomic mass is 10.1. The van der Waals surface area contributed by atoms with E-state index in [9.17, 15) is 9.18 Å². The highest BCUT2D eigenvalue weighted by atomic mass is 35.5. The fourth-order valence-electron chi connectivity index (χ4n) is 2.97. The van der Waals surface area contributed by atoms with E-state index < -0.39 is 5.82 Å². The first-order valence-corrected chi connectivity index (χ1v) is 9.01. The molecule has 0 spiro atoms. The molecule has 1 heterocycles. The van der Waals surface area contributed by atoms with E-state index in [0.717, 1.165) is 17.0 Å². The molecule has 0 unspecified atom stereocenters. The number of halogens is 2. The lowest BCUT2D eigenvalue weighted by Crippen LogP contribution is -2.26. The molecule has 0 N–H and O–H groups in total. The molecule has 1 aromatic heterocycles. The van der Waals surface area contributed by atoms with E-state index in [1.165, 1.54) is 11.0 Å². The number of carbonyl (C=O) groups is 1. The fraction of sp³-hybridized carbons (Fsp3) is 0.238. The SMILES string of the molecule is Cc1cc(C)n(Cc2ccc(C(=O)N(C)Cc3c(F)cccc3Cl)cc2)n1. The summed E-state index contributed by atoms with van der Waals surface area (Å²) in [6.07, 6.45) is 0. The van der Waals surface area contributed by atoms with Gasteiger partial charge in [0.2, 0.25) is 0 Å². The van der Waals surface area contributed by atoms with Gasteiger partial charge >= 0.3 is 0 Å². The molecule has 0 aliphatic rings. The van der Waals surface area contributed by atoms with Crippen LogP contribution < -0.4 is 0 Å². The summed E-state index contributed by atoms with van der Waals surface area (Å²) in [5.41, 5.74) is 3.98. The van der Waals surface area contributed by atoms with Gasteiger partial charge in [-0.05, 0) is 49.7 Å². The van der Waals surface area contributed by atoms with Gasteiger partial charge in [0.05, 0.1) is 12.2 Å². The molecule has 4 nitrogen and oxygen atoms in total. The van der Waals surface area contributed by atoms with Crippen LogP contribution in [0.1, 0.15) is 32.9 Å². The van der Waals surface area contributed by atoms with E-state index in [-0.39, 0.29) is 12.5 Å². The van der Waals surface area contributed by atoms with Crippen LogP contribution in [0.15, 0.2) is 48.5 Å². The summed E-state index contributed by atoms with van der Waals surface area (Å²) in [6.45, 7) is 4.73. The smallest absolute Gasteiger partial charge is 0.253 e. The molecule has 1 amide bonds. The Morgan fingerprint density at radius 3 is 2.48 bits per heavy atom. The van der Waals surface area contributed by atoms with Gasteiger partial charge in [0.15, 0.2) is 0 Å². The second-order valence-electron chi connectivity index (χ2n) is 6.64. The van der Waals surface area contributed by atoms with Gasteiger partial charge in [0.1, 0.15) is 5.82 Å². The maximum absolute atomic E-state index is 13.9. The molecular weight excluding hydrogens is 365 g/mol. The molecule has 140 valence electrons. The van der Waals surface area contributed by atoms with Crippen molar-refractivity contribution in [1.82, 2.24) is 14.7 Å². The molecule has 27 heavy (non-hydrogen) atoms. The summed E-state index contributed by atoms with van der Waals surface area (Å²) in [4.78, 5) is 14.1. The predicted octanol–water partition coefficient (Wildman–Crippen LogP) is 4.61. The molecule has 0 radical (unpaired) electrons. The number of benzene rings is 2. The number of hydrogen-bond acceptors (Lipinski definition) is 2. The van der Waals surface area contributed by atoms with Gasteiger partial charge in [-0.2, -0.15) is 5.10 Å². The van der Waals surface area contributed by atoms with Crippen LogP contribution in [-0.2, 0) is 13.1 Å². The zero-order valence-corrected chi connectivity index (χ0v) is 16.3. The number of aryl methyl sites for hydroxylation is 2. The minimum atomic E-state index is -0.414. The highest BCUT2D eigenvalue weighted by Gasteiger charge is 2.16. The molecule has 0 aliphatic heterocycles. The topological polar surface area (TPSA) is 38.1 Å². The van der Waals surface area contributed by atoms with Crippen LogP contribution in [0.5, 0.6) is 0 Å². The molecule has 3 rings (SSSR count). The Hall–Kier alpha value is -2.66. The Bertz CT molecular complexity index is 946. The number of hydrogen-bond donors (Lipinski definition) is 0. The first-order valence-electron chi connectivity index (χ1n) is 8.63. The zero-order valence-electron chi connectivity index (χ0n) is 15.5. The second kappa shape index (κ2) is 7.92. The number of aromatic nitrogens is 2. The summed E-state index contributed by atoms with van der Waals surface area (Å²) >= 11 is 6.05. The van der Waals surface area contributed by atoms with Gasteiger partial charge in [-0.3, -0.25) is 9.48 Å². The average Bonchev–Trinajstić information content (AvgIpc) is 2.95. The van der Waals surface area contributed by atoms with Crippen molar-refractivity contribution in [1.29, 1.82) is 0 Å². The number of carbonyl (C=O) groups excluding carboxylic acids is 1. The summed E-state index contributed by atoms with van der Waals surface area (Å²) in [6, 6.07) is 13.9. The van der Waals surface area contributed by atoms with Crippen molar-refractivity contribution in [2.45, 2.75) is 26.9 Å². The zero-order chi connectivity index (χ0) is 19.6. The third kappa shape index (κ3) is 4.37. The van der Waals surface area contributed by atoms with Crippen LogP contribution in [0.25, 0.3) is 0 Å². The minimum Gasteiger partial charge on any atom is -0.337 e. The summed E-state index contributed by atoms with van der Waals surface area (Å²) in [5, 5.41) is 4.76. The van der Waals surface area contributed by atoms with Crippen LogP contribution in [0.4, 0.5) is 4.39 Å². The Kier molecular flexibility index (Phi) is 5.61. The molecule has 0 saturated carbocycles. The molecule has 3 aromatic rings. The van der Waals surface area contributed by atoms with Crippen molar-refractivity contribution in [3.05, 3.63) is 87.4 Å². The van der Waals surface area contributed by atoms with Crippen molar-refractivity contribution < 1.29 is 9.18 Å². The Balaban J connectivity index is 1.70. The summed E-state index contributed by atoms with van der Waals surface area (Å²) < 4.78 is 15.9. The van der Waals surface area contributed by atoms with Crippen molar-refractivity contribution in [2.75, 3.05) is 7.05 Å². The summed E-state index contributed by atoms with van der Waals surface area (Å²) in [5.74, 6) is -0.602. The normalized spacial score (nSPS) is 10.9. The molecule has 0 saturated heterocycles. The number of rotatable bonds is 5. The minimum absolute atomic E-state index is 0.109. The van der Waals surface area contributed by atoms with Crippen molar-refractivity contribution in [3.8, 4) is 0 Å². The van der Waals surface area contributed by atoms with Gasteiger partial charge < -0.3 is 4.90 Å². The first-order chi connectivity index (χ1) is 12.8. The van der Waals surface area contributed by atoms with E-state index in [1.807, 2.05) is 36.7 Å². The lowest BCUT2D eigenvalue weighted by Gasteiger charge is -2.18. The van der Waals surface area contributed by atoms with Crippen LogP contribution >= 0.6 is 11.6 Å². The molecule has 0 bridgehead atoms. The van der Waals surface area contributed by atoms with Gasteiger partial charge in [0, 0.05) is 35.4 Å². The van der Waals surface area contributed by atoms with E-state index in [1.54, 1.807) is 31.3 Å². The second-order valence-corrected chi connectivity index (χ2v) is 7.05. The van der Waals surface area contributed by atoms with Gasteiger partial charge in [-0.1, -0.05) is 29.8 Å². The van der Waals surface area contributed by atoms with Crippen LogP contribution in [0.3, 0.4) is 0 Å². The average molecular weight is 386 g/mol. The third-order valence-electron chi connectivity index (χ3n) is 4.44. The van der Waals surface area contributed by atoms with Gasteiger partial charge in [-0.15, -0.1) is 0 Å². The molecule has 0 atom stereocenters. The lowest BCUT2D eigenvalue weighted by molar-refractivity contribution is 0.0784. The maximum Gasteiger partial charge on any atom is 0.253 e. The molecule has 2 aromatic carbocycles. The number of amides is 1. The van der Waals surface area contributed by atoms with E-state index in [0.29, 0.717) is 22.7 Å². The summed E-state index contributed by atoms with van der Waals surface area (Å²) in [7, 11) is 1.63. The standard InChI is InChI=1S/C21H21ClFN3O/c1-14-11-15(2)26(24-14)12-16-7-9-17(10-8-16)21(27)25(3)13-18-19(22)5-4-6-20(18)23/h4-11H,12-13H2,1-3H3.